The second-order valence-electron chi connectivity index (χ2n) is 6.84. The van der Waals surface area contributed by atoms with Crippen molar-refractivity contribution in [3.8, 4) is 16.3 Å². The number of hydrogen-bond acceptors (Lipinski definition) is 6. The van der Waals surface area contributed by atoms with E-state index in [0.717, 1.165) is 40.6 Å². The zero-order valence-electron chi connectivity index (χ0n) is 17.0. The van der Waals surface area contributed by atoms with Gasteiger partial charge in [-0.05, 0) is 36.8 Å². The van der Waals surface area contributed by atoms with E-state index >= 15 is 0 Å². The van der Waals surface area contributed by atoms with Gasteiger partial charge in [-0.1, -0.05) is 49.8 Å². The Balaban J connectivity index is 1.50. The van der Waals surface area contributed by atoms with Crippen molar-refractivity contribution in [3.05, 3.63) is 59.9 Å². The Kier molecular flexibility index (Phi) is 6.04. The van der Waals surface area contributed by atoms with Gasteiger partial charge in [0, 0.05) is 23.2 Å². The van der Waals surface area contributed by atoms with Crippen LogP contribution in [0.2, 0.25) is 0 Å². The van der Waals surface area contributed by atoms with E-state index in [2.05, 4.69) is 27.5 Å². The molecule has 30 heavy (non-hydrogen) atoms. The quantitative estimate of drug-likeness (QED) is 0.412. The van der Waals surface area contributed by atoms with Crippen LogP contribution >= 0.6 is 11.3 Å². The van der Waals surface area contributed by atoms with Crippen molar-refractivity contribution in [1.82, 2.24) is 19.8 Å². The predicted octanol–water partition coefficient (Wildman–Crippen LogP) is 4.85. The van der Waals surface area contributed by atoms with Gasteiger partial charge < -0.3 is 10.1 Å². The van der Waals surface area contributed by atoms with Crippen molar-refractivity contribution in [3.63, 3.8) is 0 Å². The number of aryl methyl sites for hydroxylation is 1. The zero-order valence-corrected chi connectivity index (χ0v) is 17.8. The number of amides is 1. The highest BCUT2D eigenvalue weighted by molar-refractivity contribution is 7.19. The Bertz CT molecular complexity index is 1170. The Labute approximate surface area is 178 Å². The molecule has 1 amide bonds. The van der Waals surface area contributed by atoms with Gasteiger partial charge in [-0.2, -0.15) is 9.61 Å². The first kappa shape index (κ1) is 20.0. The van der Waals surface area contributed by atoms with Crippen LogP contribution in [0.1, 0.15) is 42.9 Å². The number of anilines is 1. The lowest BCUT2D eigenvalue weighted by atomic mass is 10.1. The molecule has 0 unspecified atom stereocenters. The molecule has 2 aromatic heterocycles. The molecule has 0 fully saturated rings. The molecule has 8 heteroatoms. The molecule has 2 aromatic carbocycles. The molecule has 4 rings (SSSR count). The summed E-state index contributed by atoms with van der Waals surface area (Å²) in [5, 5.41) is 16.7. The van der Waals surface area contributed by atoms with Gasteiger partial charge in [0.2, 0.25) is 4.96 Å². The van der Waals surface area contributed by atoms with Crippen molar-refractivity contribution in [2.75, 3.05) is 11.9 Å². The summed E-state index contributed by atoms with van der Waals surface area (Å²) >= 11 is 1.47. The number of fused-ring (bicyclic) bond motifs is 1. The van der Waals surface area contributed by atoms with Crippen LogP contribution in [-0.2, 0) is 6.42 Å². The molecule has 7 nitrogen and oxygen atoms in total. The van der Waals surface area contributed by atoms with E-state index < -0.39 is 0 Å². The van der Waals surface area contributed by atoms with Gasteiger partial charge in [0.25, 0.3) is 5.91 Å². The molecule has 2 heterocycles. The minimum Gasteiger partial charge on any atom is -0.494 e. The average molecular weight is 422 g/mol. The molecule has 0 saturated heterocycles. The number of ether oxygens (including phenoxy) is 1. The minimum absolute atomic E-state index is 0.181. The van der Waals surface area contributed by atoms with Gasteiger partial charge in [-0.25, -0.2) is 0 Å². The number of benzene rings is 2. The molecule has 0 radical (unpaired) electrons. The van der Waals surface area contributed by atoms with Crippen LogP contribution in [0.5, 0.6) is 5.75 Å². The Hall–Kier alpha value is -3.26. The third-order valence-corrected chi connectivity index (χ3v) is 5.55. The molecule has 0 aliphatic rings. The summed E-state index contributed by atoms with van der Waals surface area (Å²) in [7, 11) is 0. The van der Waals surface area contributed by atoms with E-state index in [4.69, 9.17) is 4.74 Å². The van der Waals surface area contributed by atoms with E-state index in [1.165, 1.54) is 11.3 Å². The highest BCUT2D eigenvalue weighted by atomic mass is 32.1. The third kappa shape index (κ3) is 4.33. The third-order valence-electron chi connectivity index (χ3n) is 4.60. The number of nitrogens with zero attached hydrogens (tertiary/aromatic N) is 4. The van der Waals surface area contributed by atoms with E-state index in [1.807, 2.05) is 43.3 Å². The van der Waals surface area contributed by atoms with Crippen molar-refractivity contribution < 1.29 is 9.53 Å². The van der Waals surface area contributed by atoms with Crippen LogP contribution in [0.15, 0.2) is 48.5 Å². The standard InChI is InChI=1S/C22H23N5O2S/c1-3-5-12-29-18-11-7-8-15(14-18)20(28)23-17-10-6-9-16(13-17)21-26-27-19(4-2)24-25-22(27)30-21/h6-11,13-14H,3-5,12H2,1-2H3,(H,23,28). The summed E-state index contributed by atoms with van der Waals surface area (Å²) in [6.07, 6.45) is 2.82. The number of rotatable bonds is 8. The normalized spacial score (nSPS) is 11.0. The van der Waals surface area contributed by atoms with Gasteiger partial charge in [0.05, 0.1) is 6.61 Å². The molecule has 0 atom stereocenters. The summed E-state index contributed by atoms with van der Waals surface area (Å²) in [4.78, 5) is 13.5. The maximum atomic E-state index is 12.7. The highest BCUT2D eigenvalue weighted by Gasteiger charge is 2.13. The van der Waals surface area contributed by atoms with Gasteiger partial charge >= 0.3 is 0 Å². The summed E-state index contributed by atoms with van der Waals surface area (Å²) in [5.41, 5.74) is 2.18. The molecule has 0 saturated carbocycles. The van der Waals surface area contributed by atoms with Crippen molar-refractivity contribution in [2.45, 2.75) is 33.1 Å². The van der Waals surface area contributed by atoms with Crippen molar-refractivity contribution in [2.24, 2.45) is 0 Å². The Morgan fingerprint density at radius 3 is 2.83 bits per heavy atom. The van der Waals surface area contributed by atoms with Gasteiger partial charge in [0.1, 0.15) is 10.8 Å². The second-order valence-corrected chi connectivity index (χ2v) is 7.79. The lowest BCUT2D eigenvalue weighted by Crippen LogP contribution is -2.12. The summed E-state index contributed by atoms with van der Waals surface area (Å²) in [6, 6.07) is 14.9. The second kappa shape index (κ2) is 9.04. The number of aromatic nitrogens is 4. The predicted molar refractivity (Wildman–Crippen MR) is 118 cm³/mol. The summed E-state index contributed by atoms with van der Waals surface area (Å²) in [5.74, 6) is 1.36. The van der Waals surface area contributed by atoms with Crippen LogP contribution in [-0.4, -0.2) is 32.3 Å². The number of nitrogens with one attached hydrogen (secondary N) is 1. The number of unbranched alkanes of at least 4 members (excludes halogenated alkanes) is 1. The van der Waals surface area contributed by atoms with Gasteiger partial charge in [-0.3, -0.25) is 4.79 Å². The van der Waals surface area contributed by atoms with E-state index in [1.54, 1.807) is 16.6 Å². The van der Waals surface area contributed by atoms with Crippen molar-refractivity contribution in [1.29, 1.82) is 0 Å². The molecule has 0 aliphatic carbocycles. The summed E-state index contributed by atoms with van der Waals surface area (Å²) in [6.45, 7) is 4.79. The van der Waals surface area contributed by atoms with Gasteiger partial charge in [-0.15, -0.1) is 10.2 Å². The smallest absolute Gasteiger partial charge is 0.255 e. The fourth-order valence-corrected chi connectivity index (χ4v) is 3.84. The van der Waals surface area contributed by atoms with Crippen molar-refractivity contribution >= 4 is 27.9 Å². The molecular formula is C22H23N5O2S. The highest BCUT2D eigenvalue weighted by Crippen LogP contribution is 2.28. The SMILES string of the molecule is CCCCOc1cccc(C(=O)Nc2cccc(-c3nn4c(CC)nnc4s3)c2)c1. The molecule has 0 bridgehead atoms. The van der Waals surface area contributed by atoms with Crippen LogP contribution in [0.25, 0.3) is 15.5 Å². The molecule has 4 aromatic rings. The Morgan fingerprint density at radius 1 is 1.13 bits per heavy atom. The molecule has 0 aliphatic heterocycles. The lowest BCUT2D eigenvalue weighted by Gasteiger charge is -2.09. The fraction of sp³-hybridized carbons (Fsp3) is 0.273. The van der Waals surface area contributed by atoms with E-state index in [0.29, 0.717) is 23.6 Å². The van der Waals surface area contributed by atoms with Gasteiger partial charge in [0.15, 0.2) is 5.82 Å². The maximum absolute atomic E-state index is 12.7. The van der Waals surface area contributed by atoms with Crippen LogP contribution in [0.4, 0.5) is 5.69 Å². The van der Waals surface area contributed by atoms with E-state index in [9.17, 15) is 4.79 Å². The fourth-order valence-electron chi connectivity index (χ4n) is 2.99. The number of carbonyl (C=O) groups is 1. The van der Waals surface area contributed by atoms with Crippen LogP contribution in [0.3, 0.4) is 0 Å². The van der Waals surface area contributed by atoms with E-state index in [-0.39, 0.29) is 5.91 Å². The lowest BCUT2D eigenvalue weighted by molar-refractivity contribution is 0.102. The molecular weight excluding hydrogens is 398 g/mol. The monoisotopic (exact) mass is 421 g/mol. The molecule has 154 valence electrons. The largest absolute Gasteiger partial charge is 0.494 e. The Morgan fingerprint density at radius 2 is 2.00 bits per heavy atom. The minimum atomic E-state index is -0.181. The number of hydrogen-bond donors (Lipinski definition) is 1. The molecule has 1 N–H and O–H groups in total. The zero-order chi connectivity index (χ0) is 20.9. The topological polar surface area (TPSA) is 81.4 Å². The van der Waals surface area contributed by atoms with Crippen LogP contribution in [0, 0.1) is 0 Å². The first-order valence-electron chi connectivity index (χ1n) is 10.0. The number of carbonyl (C=O) groups excluding carboxylic acids is 1. The summed E-state index contributed by atoms with van der Waals surface area (Å²) < 4.78 is 7.48. The maximum Gasteiger partial charge on any atom is 0.255 e. The first-order chi connectivity index (χ1) is 14.7. The molecule has 0 spiro atoms. The van der Waals surface area contributed by atoms with Crippen LogP contribution < -0.4 is 10.1 Å². The average Bonchev–Trinajstić information content (AvgIpc) is 3.35. The first-order valence-corrected chi connectivity index (χ1v) is 10.9.